The predicted octanol–water partition coefficient (Wildman–Crippen LogP) is 6.48. The van der Waals surface area contributed by atoms with Crippen molar-refractivity contribution in [2.75, 3.05) is 30.8 Å². The Morgan fingerprint density at radius 2 is 1.57 bits per heavy atom. The van der Waals surface area contributed by atoms with E-state index in [0.29, 0.717) is 18.0 Å². The summed E-state index contributed by atoms with van der Waals surface area (Å²) in [4.78, 5) is 31.0. The third kappa shape index (κ3) is 9.62. The van der Waals surface area contributed by atoms with Gasteiger partial charge in [0.05, 0.1) is 17.7 Å². The van der Waals surface area contributed by atoms with E-state index in [-0.39, 0.29) is 23.8 Å². The molecule has 0 fully saturated rings. The van der Waals surface area contributed by atoms with Crippen LogP contribution in [0.25, 0.3) is 0 Å². The summed E-state index contributed by atoms with van der Waals surface area (Å²) < 4.78 is 35.0. The van der Waals surface area contributed by atoms with E-state index in [4.69, 9.17) is 4.74 Å². The van der Waals surface area contributed by atoms with Crippen LogP contribution in [0.4, 0.5) is 5.69 Å². The molecule has 0 aliphatic heterocycles. The number of sulfonamides is 1. The van der Waals surface area contributed by atoms with E-state index in [9.17, 15) is 18.0 Å². The number of carbonyl (C=O) groups excluding carboxylic acids is 2. The second kappa shape index (κ2) is 17.0. The van der Waals surface area contributed by atoms with Crippen LogP contribution in [-0.4, -0.2) is 57.6 Å². The van der Waals surface area contributed by atoms with Crippen molar-refractivity contribution in [1.29, 1.82) is 0 Å². The van der Waals surface area contributed by atoms with Crippen LogP contribution >= 0.6 is 11.8 Å². The van der Waals surface area contributed by atoms with Gasteiger partial charge < -0.3 is 15.0 Å². The molecule has 1 unspecified atom stereocenters. The molecule has 8 nitrogen and oxygen atoms in total. The minimum atomic E-state index is -4.17. The molecule has 0 radical (unpaired) electrons. The topological polar surface area (TPSA) is 96.0 Å². The number of methoxy groups -OCH3 is 1. The fourth-order valence-electron chi connectivity index (χ4n) is 5.14. The first-order valence-electron chi connectivity index (χ1n) is 15.6. The standard InChI is InChI=1S/C37H43N3O5S2/c1-5-6-23-38-37(42)35(25-29-11-8-7-9-12-29)39(26-30-13-10-14-32(24-30)45-3)36(41)27-40(31-17-15-28(2)16-18-31)47(43,44)34-21-19-33(46-4)20-22-34/h7-22,24,35H,5-6,23,25-27H2,1-4H3,(H,38,42). The number of carbonyl (C=O) groups is 2. The Morgan fingerprint density at radius 3 is 2.21 bits per heavy atom. The zero-order valence-electron chi connectivity index (χ0n) is 27.4. The van der Waals surface area contributed by atoms with Gasteiger partial charge >= 0.3 is 0 Å². The maximum absolute atomic E-state index is 14.6. The number of anilines is 1. The van der Waals surface area contributed by atoms with Crippen molar-refractivity contribution < 1.29 is 22.7 Å². The molecule has 1 N–H and O–H groups in total. The average Bonchev–Trinajstić information content (AvgIpc) is 3.09. The van der Waals surface area contributed by atoms with Gasteiger partial charge in [0, 0.05) is 24.4 Å². The normalized spacial score (nSPS) is 11.8. The van der Waals surface area contributed by atoms with E-state index in [1.807, 2.05) is 86.8 Å². The summed E-state index contributed by atoms with van der Waals surface area (Å²) in [5, 5.41) is 3.01. The maximum atomic E-state index is 14.6. The van der Waals surface area contributed by atoms with Gasteiger partial charge in [0.25, 0.3) is 10.0 Å². The number of nitrogens with one attached hydrogen (secondary N) is 1. The SMILES string of the molecule is CCCCNC(=O)C(Cc1ccccc1)N(Cc1cccc(OC)c1)C(=O)CN(c1ccc(C)cc1)S(=O)(=O)c1ccc(SC)cc1. The van der Waals surface area contributed by atoms with Crippen LogP contribution in [0.3, 0.4) is 0 Å². The molecular weight excluding hydrogens is 631 g/mol. The summed E-state index contributed by atoms with van der Waals surface area (Å²) in [5.41, 5.74) is 2.93. The van der Waals surface area contributed by atoms with Crippen molar-refractivity contribution in [3.8, 4) is 5.75 Å². The molecule has 0 saturated carbocycles. The van der Waals surface area contributed by atoms with Gasteiger partial charge in [-0.1, -0.05) is 73.5 Å². The van der Waals surface area contributed by atoms with Gasteiger partial charge in [0.2, 0.25) is 11.8 Å². The van der Waals surface area contributed by atoms with E-state index in [1.165, 1.54) is 16.7 Å². The minimum Gasteiger partial charge on any atom is -0.497 e. The molecule has 0 heterocycles. The van der Waals surface area contributed by atoms with Crippen LogP contribution < -0.4 is 14.4 Å². The number of amides is 2. The fraction of sp³-hybridized carbons (Fsp3) is 0.297. The lowest BCUT2D eigenvalue weighted by Crippen LogP contribution is -2.53. The number of rotatable bonds is 16. The first-order valence-corrected chi connectivity index (χ1v) is 18.3. The number of ether oxygens (including phenoxy) is 1. The van der Waals surface area contributed by atoms with E-state index in [2.05, 4.69) is 5.32 Å². The lowest BCUT2D eigenvalue weighted by atomic mass is 10.0. The van der Waals surface area contributed by atoms with E-state index < -0.39 is 28.5 Å². The Hall–Kier alpha value is -4.28. The number of hydrogen-bond donors (Lipinski definition) is 1. The van der Waals surface area contributed by atoms with Crippen LogP contribution in [0.2, 0.25) is 0 Å². The van der Waals surface area contributed by atoms with Crippen LogP contribution in [0.15, 0.2) is 113 Å². The number of nitrogens with zero attached hydrogens (tertiary/aromatic N) is 2. The molecule has 10 heteroatoms. The molecular formula is C37H43N3O5S2. The Bertz CT molecular complexity index is 1710. The van der Waals surface area contributed by atoms with Crippen molar-refractivity contribution in [3.05, 3.63) is 120 Å². The van der Waals surface area contributed by atoms with Gasteiger partial charge in [-0.15, -0.1) is 11.8 Å². The third-order valence-electron chi connectivity index (χ3n) is 7.84. The Labute approximate surface area is 283 Å². The van der Waals surface area contributed by atoms with Crippen LogP contribution in [0.1, 0.15) is 36.5 Å². The lowest BCUT2D eigenvalue weighted by Gasteiger charge is -2.34. The molecule has 0 spiro atoms. The highest BCUT2D eigenvalue weighted by Gasteiger charge is 2.34. The molecule has 2 amide bonds. The molecule has 4 aromatic rings. The van der Waals surface area contributed by atoms with Gasteiger partial charge in [-0.3, -0.25) is 13.9 Å². The van der Waals surface area contributed by atoms with Gasteiger partial charge in [-0.05, 0) is 79.3 Å². The van der Waals surface area contributed by atoms with Crippen molar-refractivity contribution in [2.24, 2.45) is 0 Å². The van der Waals surface area contributed by atoms with E-state index in [0.717, 1.165) is 38.7 Å². The second-order valence-corrected chi connectivity index (χ2v) is 14.0. The zero-order chi connectivity index (χ0) is 33.8. The Balaban J connectivity index is 1.79. The molecule has 0 aliphatic rings. The van der Waals surface area contributed by atoms with Crippen molar-refractivity contribution in [2.45, 2.75) is 55.5 Å². The zero-order valence-corrected chi connectivity index (χ0v) is 29.0. The van der Waals surface area contributed by atoms with Crippen LogP contribution in [0.5, 0.6) is 5.75 Å². The molecule has 0 bridgehead atoms. The summed E-state index contributed by atoms with van der Waals surface area (Å²) in [7, 11) is -2.60. The molecule has 248 valence electrons. The van der Waals surface area contributed by atoms with E-state index in [1.54, 1.807) is 43.5 Å². The first kappa shape index (κ1) is 35.6. The molecule has 0 aromatic heterocycles. The van der Waals surface area contributed by atoms with Crippen molar-refractivity contribution in [3.63, 3.8) is 0 Å². The summed E-state index contributed by atoms with van der Waals surface area (Å²) in [6.45, 7) is 3.99. The van der Waals surface area contributed by atoms with Crippen molar-refractivity contribution in [1.82, 2.24) is 10.2 Å². The number of benzene rings is 4. The first-order chi connectivity index (χ1) is 22.7. The second-order valence-electron chi connectivity index (χ2n) is 11.2. The molecule has 0 saturated heterocycles. The summed E-state index contributed by atoms with van der Waals surface area (Å²) in [6, 6.07) is 29.5. The average molecular weight is 674 g/mol. The van der Waals surface area contributed by atoms with Gasteiger partial charge in [-0.25, -0.2) is 8.42 Å². The number of hydrogen-bond acceptors (Lipinski definition) is 6. The molecule has 47 heavy (non-hydrogen) atoms. The van der Waals surface area contributed by atoms with Crippen LogP contribution in [0, 0.1) is 6.92 Å². The number of unbranched alkanes of at least 4 members (excludes halogenated alkanes) is 1. The third-order valence-corrected chi connectivity index (χ3v) is 10.4. The van der Waals surface area contributed by atoms with Gasteiger partial charge in [-0.2, -0.15) is 0 Å². The highest BCUT2D eigenvalue weighted by molar-refractivity contribution is 7.98. The monoisotopic (exact) mass is 673 g/mol. The highest BCUT2D eigenvalue weighted by Crippen LogP contribution is 2.27. The predicted molar refractivity (Wildman–Crippen MR) is 189 cm³/mol. The van der Waals surface area contributed by atoms with Crippen LogP contribution in [-0.2, 0) is 32.6 Å². The lowest BCUT2D eigenvalue weighted by molar-refractivity contribution is -0.140. The minimum absolute atomic E-state index is 0.0684. The molecule has 0 aliphatic carbocycles. The smallest absolute Gasteiger partial charge is 0.264 e. The Morgan fingerprint density at radius 1 is 0.894 bits per heavy atom. The summed E-state index contributed by atoms with van der Waals surface area (Å²) >= 11 is 1.51. The summed E-state index contributed by atoms with van der Waals surface area (Å²) in [5.74, 6) is -0.195. The number of aryl methyl sites for hydroxylation is 1. The molecule has 4 aromatic carbocycles. The maximum Gasteiger partial charge on any atom is 0.264 e. The quantitative estimate of drug-likeness (QED) is 0.108. The van der Waals surface area contributed by atoms with Gasteiger partial charge in [0.15, 0.2) is 0 Å². The van der Waals surface area contributed by atoms with Crippen molar-refractivity contribution >= 4 is 39.3 Å². The fourth-order valence-corrected chi connectivity index (χ4v) is 6.96. The van der Waals surface area contributed by atoms with Gasteiger partial charge in [0.1, 0.15) is 18.3 Å². The number of thioether (sulfide) groups is 1. The van der Waals surface area contributed by atoms with E-state index >= 15 is 0 Å². The largest absolute Gasteiger partial charge is 0.497 e. The highest BCUT2D eigenvalue weighted by atomic mass is 32.2. The Kier molecular flexibility index (Phi) is 12.9. The molecule has 1 atom stereocenters. The molecule has 4 rings (SSSR count). The summed E-state index contributed by atoms with van der Waals surface area (Å²) in [6.07, 6.45) is 3.86.